The first-order chi connectivity index (χ1) is 8.24. The van der Waals surface area contributed by atoms with E-state index in [1.165, 1.54) is 11.8 Å². The number of rotatable bonds is 1. The fraction of sp³-hybridized carbons (Fsp3) is 0.538. The number of hydrogen-bond acceptors (Lipinski definition) is 4. The molecule has 2 aromatic rings. The Hall–Kier alpha value is -1.16. The van der Waals surface area contributed by atoms with Crippen LogP contribution in [0.5, 0.6) is 0 Å². The fourth-order valence-electron chi connectivity index (χ4n) is 2.86. The van der Waals surface area contributed by atoms with Gasteiger partial charge in [0.05, 0.1) is 5.39 Å². The van der Waals surface area contributed by atoms with Crippen LogP contribution >= 0.6 is 11.3 Å². The largest absolute Gasteiger partial charge is 0.355 e. The Labute approximate surface area is 106 Å². The van der Waals surface area contributed by atoms with Crippen LogP contribution < -0.4 is 4.90 Å². The van der Waals surface area contributed by atoms with Gasteiger partial charge in [0.2, 0.25) is 0 Å². The average Bonchev–Trinajstić information content (AvgIpc) is 2.75. The quantitative estimate of drug-likeness (QED) is 0.775. The van der Waals surface area contributed by atoms with Gasteiger partial charge in [-0.3, -0.25) is 0 Å². The van der Waals surface area contributed by atoms with Gasteiger partial charge in [0, 0.05) is 13.1 Å². The molecule has 0 saturated carbocycles. The topological polar surface area (TPSA) is 29.0 Å². The lowest BCUT2D eigenvalue weighted by Gasteiger charge is -2.36. The normalized spacial score (nSPS) is 25.4. The molecule has 1 fully saturated rings. The Bertz CT molecular complexity index is 512. The minimum atomic E-state index is 0.752. The molecule has 17 heavy (non-hydrogen) atoms. The van der Waals surface area contributed by atoms with Crippen molar-refractivity contribution >= 4 is 27.4 Å². The third-order valence-electron chi connectivity index (χ3n) is 3.41. The molecule has 1 aliphatic rings. The maximum absolute atomic E-state index is 4.49. The lowest BCUT2D eigenvalue weighted by atomic mass is 9.92. The van der Waals surface area contributed by atoms with Crippen molar-refractivity contribution in [1.29, 1.82) is 0 Å². The predicted molar refractivity (Wildman–Crippen MR) is 72.6 cm³/mol. The lowest BCUT2D eigenvalue weighted by molar-refractivity contribution is 0.356. The van der Waals surface area contributed by atoms with Crippen molar-refractivity contribution in [3.05, 3.63) is 17.8 Å². The van der Waals surface area contributed by atoms with Crippen molar-refractivity contribution in [2.24, 2.45) is 11.8 Å². The van der Waals surface area contributed by atoms with E-state index in [-0.39, 0.29) is 0 Å². The van der Waals surface area contributed by atoms with Crippen LogP contribution in [-0.2, 0) is 0 Å². The number of fused-ring (bicyclic) bond motifs is 1. The summed E-state index contributed by atoms with van der Waals surface area (Å²) in [5, 5.41) is 3.30. The molecule has 0 radical (unpaired) electrons. The summed E-state index contributed by atoms with van der Waals surface area (Å²) in [6.07, 6.45) is 3.02. The molecule has 3 heterocycles. The number of anilines is 1. The smallest absolute Gasteiger partial charge is 0.140 e. The van der Waals surface area contributed by atoms with E-state index in [2.05, 4.69) is 40.2 Å². The Kier molecular flexibility index (Phi) is 2.74. The Morgan fingerprint density at radius 1 is 1.24 bits per heavy atom. The van der Waals surface area contributed by atoms with Gasteiger partial charge in [0.1, 0.15) is 17.0 Å². The zero-order chi connectivity index (χ0) is 11.8. The third-order valence-corrected chi connectivity index (χ3v) is 4.23. The summed E-state index contributed by atoms with van der Waals surface area (Å²) in [6.45, 7) is 6.89. The van der Waals surface area contributed by atoms with Crippen LogP contribution in [0.4, 0.5) is 5.82 Å². The zero-order valence-corrected chi connectivity index (χ0v) is 11.1. The highest BCUT2D eigenvalue weighted by atomic mass is 32.1. The predicted octanol–water partition coefficient (Wildman–Crippen LogP) is 3.17. The van der Waals surface area contributed by atoms with Crippen LogP contribution in [0, 0.1) is 11.8 Å². The van der Waals surface area contributed by atoms with Crippen LogP contribution in [0.2, 0.25) is 0 Å². The summed E-state index contributed by atoms with van der Waals surface area (Å²) >= 11 is 1.69. The Morgan fingerprint density at radius 3 is 2.76 bits per heavy atom. The number of nitrogens with zero attached hydrogens (tertiary/aromatic N) is 3. The van der Waals surface area contributed by atoms with Gasteiger partial charge in [-0.05, 0) is 29.7 Å². The standard InChI is InChI=1S/C13H17N3S/c1-9-5-10(2)7-16(6-9)12-11-3-4-17-13(11)15-8-14-12/h3-4,8-10H,5-7H2,1-2H3. The molecular formula is C13H17N3S. The van der Waals surface area contributed by atoms with E-state index in [9.17, 15) is 0 Å². The molecular weight excluding hydrogens is 230 g/mol. The van der Waals surface area contributed by atoms with Gasteiger partial charge in [0.25, 0.3) is 0 Å². The average molecular weight is 247 g/mol. The maximum atomic E-state index is 4.49. The molecule has 0 amide bonds. The van der Waals surface area contributed by atoms with Crippen molar-refractivity contribution in [3.8, 4) is 0 Å². The van der Waals surface area contributed by atoms with Gasteiger partial charge in [-0.25, -0.2) is 9.97 Å². The molecule has 3 nitrogen and oxygen atoms in total. The summed E-state index contributed by atoms with van der Waals surface area (Å²) in [7, 11) is 0. The summed E-state index contributed by atoms with van der Waals surface area (Å²) in [5.41, 5.74) is 0. The molecule has 4 heteroatoms. The lowest BCUT2D eigenvalue weighted by Crippen LogP contribution is -2.39. The number of piperidine rings is 1. The van der Waals surface area contributed by atoms with Gasteiger partial charge in [0.15, 0.2) is 0 Å². The molecule has 1 saturated heterocycles. The van der Waals surface area contributed by atoms with Crippen molar-refractivity contribution in [1.82, 2.24) is 9.97 Å². The van der Waals surface area contributed by atoms with Gasteiger partial charge < -0.3 is 4.90 Å². The monoisotopic (exact) mass is 247 g/mol. The van der Waals surface area contributed by atoms with Gasteiger partial charge in [-0.2, -0.15) is 0 Å². The first-order valence-electron chi connectivity index (χ1n) is 6.17. The highest BCUT2D eigenvalue weighted by Crippen LogP contribution is 2.31. The van der Waals surface area contributed by atoms with E-state index in [4.69, 9.17) is 0 Å². The van der Waals surface area contributed by atoms with E-state index in [1.54, 1.807) is 17.7 Å². The van der Waals surface area contributed by atoms with Gasteiger partial charge in [-0.15, -0.1) is 11.3 Å². The Balaban J connectivity index is 2.00. The molecule has 1 aliphatic heterocycles. The van der Waals surface area contributed by atoms with Crippen molar-refractivity contribution in [2.45, 2.75) is 20.3 Å². The Morgan fingerprint density at radius 2 is 2.00 bits per heavy atom. The van der Waals surface area contributed by atoms with E-state index in [1.807, 2.05) is 0 Å². The minimum Gasteiger partial charge on any atom is -0.355 e. The molecule has 3 rings (SSSR count). The molecule has 2 aromatic heterocycles. The summed E-state index contributed by atoms with van der Waals surface area (Å²) in [5.74, 6) is 2.62. The minimum absolute atomic E-state index is 0.752. The second-order valence-electron chi connectivity index (χ2n) is 5.19. The number of aromatic nitrogens is 2. The summed E-state index contributed by atoms with van der Waals surface area (Å²) in [6, 6.07) is 2.14. The molecule has 90 valence electrons. The van der Waals surface area contributed by atoms with Crippen LogP contribution in [0.1, 0.15) is 20.3 Å². The van der Waals surface area contributed by atoms with Crippen molar-refractivity contribution in [3.63, 3.8) is 0 Å². The molecule has 0 N–H and O–H groups in total. The van der Waals surface area contributed by atoms with E-state index in [0.29, 0.717) is 0 Å². The number of thiophene rings is 1. The molecule has 0 spiro atoms. The SMILES string of the molecule is CC1CC(C)CN(c2ncnc3sccc23)C1. The maximum Gasteiger partial charge on any atom is 0.140 e. The van der Waals surface area contributed by atoms with E-state index < -0.39 is 0 Å². The highest BCUT2D eigenvalue weighted by Gasteiger charge is 2.24. The molecule has 0 aliphatic carbocycles. The van der Waals surface area contributed by atoms with Crippen LogP contribution in [0.3, 0.4) is 0 Å². The fourth-order valence-corrected chi connectivity index (χ4v) is 3.59. The zero-order valence-electron chi connectivity index (χ0n) is 10.3. The highest BCUT2D eigenvalue weighted by molar-refractivity contribution is 7.16. The van der Waals surface area contributed by atoms with Crippen molar-refractivity contribution < 1.29 is 0 Å². The molecule has 2 atom stereocenters. The van der Waals surface area contributed by atoms with Crippen LogP contribution in [0.15, 0.2) is 17.8 Å². The summed E-state index contributed by atoms with van der Waals surface area (Å²) in [4.78, 5) is 12.3. The van der Waals surface area contributed by atoms with Gasteiger partial charge >= 0.3 is 0 Å². The summed E-state index contributed by atoms with van der Waals surface area (Å²) < 4.78 is 0. The number of hydrogen-bond donors (Lipinski definition) is 0. The molecule has 2 unspecified atom stereocenters. The van der Waals surface area contributed by atoms with E-state index >= 15 is 0 Å². The molecule has 0 aromatic carbocycles. The van der Waals surface area contributed by atoms with Crippen LogP contribution in [-0.4, -0.2) is 23.1 Å². The van der Waals surface area contributed by atoms with E-state index in [0.717, 1.165) is 35.6 Å². The second kappa shape index (κ2) is 4.26. The van der Waals surface area contributed by atoms with Crippen LogP contribution in [0.25, 0.3) is 10.2 Å². The van der Waals surface area contributed by atoms with Gasteiger partial charge in [-0.1, -0.05) is 13.8 Å². The molecule has 0 bridgehead atoms. The van der Waals surface area contributed by atoms with Crippen molar-refractivity contribution in [2.75, 3.05) is 18.0 Å². The third kappa shape index (κ3) is 2.02. The second-order valence-corrected chi connectivity index (χ2v) is 6.08. The first kappa shape index (κ1) is 11.0. The first-order valence-corrected chi connectivity index (χ1v) is 7.05.